The number of hydrogen-bond acceptors (Lipinski definition) is 5. The molecule has 6 aromatic rings. The largest absolute Gasteiger partial charge is 0.338 e. The van der Waals surface area contributed by atoms with Gasteiger partial charge in [-0.1, -0.05) is 60.2 Å². The number of aromatic nitrogens is 4. The van der Waals surface area contributed by atoms with Crippen LogP contribution in [0.2, 0.25) is 0 Å². The monoisotopic (exact) mass is 402 g/mol. The van der Waals surface area contributed by atoms with Crippen molar-refractivity contribution in [2.45, 2.75) is 6.92 Å². The lowest BCUT2D eigenvalue weighted by Crippen LogP contribution is -1.99. The molecule has 0 atom stereocenters. The van der Waals surface area contributed by atoms with Gasteiger partial charge in [-0.25, -0.2) is 5.43 Å². The Bertz CT molecular complexity index is 1580. The van der Waals surface area contributed by atoms with E-state index in [0.717, 1.165) is 32.8 Å². The molecule has 6 nitrogen and oxygen atoms in total. The molecule has 0 aliphatic carbocycles. The van der Waals surface area contributed by atoms with E-state index < -0.39 is 0 Å². The topological polar surface area (TPSA) is 78.9 Å². The van der Waals surface area contributed by atoms with Crippen LogP contribution in [-0.2, 0) is 0 Å². The zero-order valence-electron chi connectivity index (χ0n) is 16.8. The van der Waals surface area contributed by atoms with Crippen molar-refractivity contribution < 1.29 is 0 Å². The van der Waals surface area contributed by atoms with E-state index in [9.17, 15) is 0 Å². The zero-order valence-corrected chi connectivity index (χ0v) is 16.8. The molecule has 4 aromatic carbocycles. The van der Waals surface area contributed by atoms with Crippen molar-refractivity contribution in [3.8, 4) is 0 Å². The van der Waals surface area contributed by atoms with Crippen molar-refractivity contribution in [3.05, 3.63) is 83.9 Å². The molecular weight excluding hydrogens is 384 g/mol. The fraction of sp³-hybridized carbons (Fsp3) is 0.0400. The maximum Gasteiger partial charge on any atom is 0.265 e. The van der Waals surface area contributed by atoms with Crippen molar-refractivity contribution in [2.24, 2.45) is 5.10 Å². The van der Waals surface area contributed by atoms with Crippen molar-refractivity contribution in [2.75, 3.05) is 5.43 Å². The van der Waals surface area contributed by atoms with Gasteiger partial charge in [0, 0.05) is 16.5 Å². The van der Waals surface area contributed by atoms with Crippen LogP contribution in [-0.4, -0.2) is 26.4 Å². The fourth-order valence-electron chi connectivity index (χ4n) is 4.08. The highest BCUT2D eigenvalue weighted by molar-refractivity contribution is 6.13. The normalized spacial score (nSPS) is 11.9. The number of hydrazone groups is 1. The second-order valence-corrected chi connectivity index (χ2v) is 7.61. The highest BCUT2D eigenvalue weighted by atomic mass is 15.4. The number of rotatable bonds is 3. The van der Waals surface area contributed by atoms with Crippen LogP contribution in [0, 0.1) is 6.92 Å². The third-order valence-electron chi connectivity index (χ3n) is 5.54. The number of nitrogens with one attached hydrogen (secondary N) is 2. The molecule has 0 amide bonds. The molecule has 2 heterocycles. The second kappa shape index (κ2) is 6.88. The maximum absolute atomic E-state index is 4.54. The lowest BCUT2D eigenvalue weighted by Gasteiger charge is -2.07. The van der Waals surface area contributed by atoms with E-state index >= 15 is 0 Å². The number of H-pyrrole nitrogens is 1. The molecule has 0 aliphatic heterocycles. The Balaban J connectivity index is 1.39. The summed E-state index contributed by atoms with van der Waals surface area (Å²) < 4.78 is 0. The third kappa shape index (κ3) is 2.97. The minimum Gasteiger partial charge on any atom is -0.338 e. The van der Waals surface area contributed by atoms with E-state index in [1.807, 2.05) is 36.5 Å². The molecule has 0 unspecified atom stereocenters. The number of fused-ring (bicyclic) bond motifs is 5. The summed E-state index contributed by atoms with van der Waals surface area (Å²) in [6.45, 7) is 2.06. The van der Waals surface area contributed by atoms with Gasteiger partial charge in [-0.05, 0) is 46.7 Å². The molecule has 0 spiro atoms. The lowest BCUT2D eigenvalue weighted by molar-refractivity contribution is 1.01. The Morgan fingerprint density at radius 1 is 0.839 bits per heavy atom. The minimum atomic E-state index is 0.344. The molecule has 0 radical (unpaired) electrons. The van der Waals surface area contributed by atoms with Gasteiger partial charge in [0.15, 0.2) is 5.65 Å². The number of aromatic amines is 1. The molecule has 2 aromatic heterocycles. The molecule has 148 valence electrons. The fourth-order valence-corrected chi connectivity index (χ4v) is 4.08. The molecule has 31 heavy (non-hydrogen) atoms. The molecule has 0 saturated heterocycles. The number of nitrogens with zero attached hydrogens (tertiary/aromatic N) is 4. The molecule has 6 rings (SSSR count). The van der Waals surface area contributed by atoms with Crippen molar-refractivity contribution in [3.63, 3.8) is 0 Å². The summed E-state index contributed by atoms with van der Waals surface area (Å²) in [5, 5.41) is 18.7. The van der Waals surface area contributed by atoms with E-state index in [2.05, 4.69) is 80.1 Å². The van der Waals surface area contributed by atoms with Crippen molar-refractivity contribution in [1.29, 1.82) is 0 Å². The Hall–Kier alpha value is -4.32. The highest BCUT2D eigenvalue weighted by Crippen LogP contribution is 2.27. The van der Waals surface area contributed by atoms with E-state index in [1.54, 1.807) is 0 Å². The summed E-state index contributed by atoms with van der Waals surface area (Å²) in [6.07, 6.45) is 1.83. The Labute approximate surface area is 177 Å². The first-order chi connectivity index (χ1) is 15.3. The minimum absolute atomic E-state index is 0.344. The van der Waals surface area contributed by atoms with Crippen LogP contribution in [0.4, 0.5) is 5.95 Å². The predicted molar refractivity (Wildman–Crippen MR) is 127 cm³/mol. The van der Waals surface area contributed by atoms with Gasteiger partial charge < -0.3 is 4.98 Å². The van der Waals surface area contributed by atoms with Crippen LogP contribution >= 0.6 is 0 Å². The first-order valence-corrected chi connectivity index (χ1v) is 10.1. The zero-order chi connectivity index (χ0) is 20.8. The van der Waals surface area contributed by atoms with Crippen LogP contribution in [0.1, 0.15) is 11.1 Å². The maximum atomic E-state index is 4.54. The number of benzene rings is 4. The van der Waals surface area contributed by atoms with Gasteiger partial charge >= 0.3 is 0 Å². The van der Waals surface area contributed by atoms with Crippen molar-refractivity contribution >= 4 is 55.8 Å². The van der Waals surface area contributed by atoms with Gasteiger partial charge in [0.25, 0.3) is 5.95 Å². The Morgan fingerprint density at radius 2 is 1.58 bits per heavy atom. The first kappa shape index (κ1) is 17.5. The molecule has 6 heteroatoms. The van der Waals surface area contributed by atoms with Crippen LogP contribution in [0.5, 0.6) is 0 Å². The molecular formula is C25H18N6. The molecule has 0 bridgehead atoms. The average molecular weight is 402 g/mol. The summed E-state index contributed by atoms with van der Waals surface area (Å²) in [4.78, 5) is 7.84. The molecule has 0 saturated carbocycles. The van der Waals surface area contributed by atoms with Gasteiger partial charge in [0.1, 0.15) is 5.52 Å². The summed E-state index contributed by atoms with van der Waals surface area (Å²) in [6, 6.07) is 25.0. The van der Waals surface area contributed by atoms with Crippen LogP contribution in [0.15, 0.2) is 77.9 Å². The van der Waals surface area contributed by atoms with Gasteiger partial charge in [0.05, 0.1) is 6.21 Å². The third-order valence-corrected chi connectivity index (χ3v) is 5.54. The Morgan fingerprint density at radius 3 is 2.35 bits per heavy atom. The smallest absolute Gasteiger partial charge is 0.265 e. The average Bonchev–Trinajstić information content (AvgIpc) is 3.15. The standard InChI is InChI=1S/C25H18N6/c1-15-10-11-22-20(12-15)23-24(27-22)28-25(31-29-23)30-26-14-21-18-8-4-2-6-16(18)13-17-7-3-5-9-19(17)21/h2-14H,1H3,(H2,27,28,30,31)/b26-14+. The van der Waals surface area contributed by atoms with Gasteiger partial charge in [-0.15, -0.1) is 10.2 Å². The number of hydrogen-bond donors (Lipinski definition) is 2. The van der Waals surface area contributed by atoms with E-state index in [4.69, 9.17) is 0 Å². The summed E-state index contributed by atoms with van der Waals surface area (Å²) >= 11 is 0. The van der Waals surface area contributed by atoms with E-state index in [-0.39, 0.29) is 0 Å². The second-order valence-electron chi connectivity index (χ2n) is 7.61. The SMILES string of the molecule is Cc1ccc2[nH]c3nc(N/N=C/c4c5ccccc5cc5ccccc45)nnc3c2c1. The van der Waals surface area contributed by atoms with E-state index in [1.165, 1.54) is 16.3 Å². The van der Waals surface area contributed by atoms with Gasteiger partial charge in [-0.2, -0.15) is 10.1 Å². The van der Waals surface area contributed by atoms with Crippen LogP contribution < -0.4 is 5.43 Å². The molecule has 0 fully saturated rings. The predicted octanol–water partition coefficient (Wildman–Crippen LogP) is 5.57. The quantitative estimate of drug-likeness (QED) is 0.230. The Kier molecular flexibility index (Phi) is 3.89. The van der Waals surface area contributed by atoms with Crippen molar-refractivity contribution in [1.82, 2.24) is 20.2 Å². The summed E-state index contributed by atoms with van der Waals surface area (Å²) in [5.41, 5.74) is 7.59. The van der Waals surface area contributed by atoms with Gasteiger partial charge in [-0.3, -0.25) is 0 Å². The van der Waals surface area contributed by atoms with E-state index in [0.29, 0.717) is 11.6 Å². The summed E-state index contributed by atoms with van der Waals surface area (Å²) in [5.74, 6) is 0.344. The summed E-state index contributed by atoms with van der Waals surface area (Å²) in [7, 11) is 0. The first-order valence-electron chi connectivity index (χ1n) is 10.1. The molecule has 0 aliphatic rings. The molecule has 2 N–H and O–H groups in total. The lowest BCUT2D eigenvalue weighted by atomic mass is 9.97. The van der Waals surface area contributed by atoms with Crippen LogP contribution in [0.3, 0.4) is 0 Å². The van der Waals surface area contributed by atoms with Gasteiger partial charge in [0.2, 0.25) is 0 Å². The van der Waals surface area contributed by atoms with Crippen LogP contribution in [0.25, 0.3) is 43.6 Å². The number of aryl methyl sites for hydroxylation is 1. The highest BCUT2D eigenvalue weighted by Gasteiger charge is 2.09. The number of anilines is 1.